The average molecular weight is 151 g/mol. The zero-order valence-corrected chi connectivity index (χ0v) is 6.55. The first-order valence-electron chi connectivity index (χ1n) is 4.29. The minimum Gasteiger partial charge on any atom is -0.356 e. The molecule has 1 aliphatic carbocycles. The second-order valence-corrected chi connectivity index (χ2v) is 3.44. The van der Waals surface area contributed by atoms with E-state index in [1.54, 1.807) is 0 Å². The average Bonchev–Trinajstić information content (AvgIpc) is 2.04. The van der Waals surface area contributed by atoms with Crippen molar-refractivity contribution in [3.05, 3.63) is 12.2 Å². The fourth-order valence-electron chi connectivity index (χ4n) is 1.97. The minimum absolute atomic E-state index is 0.220. The zero-order chi connectivity index (χ0) is 7.68. The first-order chi connectivity index (χ1) is 5.36. The molecule has 2 rings (SSSR count). The highest BCUT2D eigenvalue weighted by atomic mass is 16.1. The van der Waals surface area contributed by atoms with Gasteiger partial charge in [0.25, 0.3) is 0 Å². The van der Waals surface area contributed by atoms with Gasteiger partial charge in [-0.2, -0.15) is 0 Å². The number of nitrogens with one attached hydrogen (secondary N) is 1. The van der Waals surface area contributed by atoms with Crippen LogP contribution in [0.25, 0.3) is 0 Å². The highest BCUT2D eigenvalue weighted by Crippen LogP contribution is 2.28. The quantitative estimate of drug-likeness (QED) is 0.516. The summed E-state index contributed by atoms with van der Waals surface area (Å²) in [4.78, 5) is 11.0. The molecule has 0 unspecified atom stereocenters. The molecule has 0 aromatic heterocycles. The van der Waals surface area contributed by atoms with Gasteiger partial charge in [0.2, 0.25) is 5.91 Å². The molecule has 2 atom stereocenters. The van der Waals surface area contributed by atoms with Gasteiger partial charge in [0, 0.05) is 13.0 Å². The molecule has 1 N–H and O–H groups in total. The van der Waals surface area contributed by atoms with Gasteiger partial charge in [-0.1, -0.05) is 12.2 Å². The fraction of sp³-hybridized carbons (Fsp3) is 0.667. The third kappa shape index (κ3) is 1.30. The second-order valence-electron chi connectivity index (χ2n) is 3.44. The summed E-state index contributed by atoms with van der Waals surface area (Å²) >= 11 is 0. The minimum atomic E-state index is 0.220. The molecule has 0 aromatic rings. The van der Waals surface area contributed by atoms with Crippen molar-refractivity contribution >= 4 is 5.91 Å². The van der Waals surface area contributed by atoms with E-state index in [0.29, 0.717) is 12.3 Å². The fourth-order valence-corrected chi connectivity index (χ4v) is 1.97. The van der Waals surface area contributed by atoms with Gasteiger partial charge < -0.3 is 5.32 Å². The Kier molecular flexibility index (Phi) is 1.68. The third-order valence-corrected chi connectivity index (χ3v) is 2.68. The summed E-state index contributed by atoms with van der Waals surface area (Å²) in [5.41, 5.74) is 0. The van der Waals surface area contributed by atoms with E-state index in [2.05, 4.69) is 17.5 Å². The largest absolute Gasteiger partial charge is 0.356 e. The van der Waals surface area contributed by atoms with Crippen LogP contribution >= 0.6 is 0 Å². The van der Waals surface area contributed by atoms with Gasteiger partial charge in [-0.3, -0.25) is 4.79 Å². The Morgan fingerprint density at radius 1 is 1.55 bits per heavy atom. The molecule has 1 amide bonds. The Balaban J connectivity index is 2.08. The number of rotatable bonds is 0. The highest BCUT2D eigenvalue weighted by Gasteiger charge is 2.27. The van der Waals surface area contributed by atoms with E-state index in [-0.39, 0.29) is 5.91 Å². The number of hydrogen-bond donors (Lipinski definition) is 1. The van der Waals surface area contributed by atoms with Crippen LogP contribution in [0.3, 0.4) is 0 Å². The lowest BCUT2D eigenvalue weighted by molar-refractivity contribution is -0.124. The molecule has 0 spiro atoms. The van der Waals surface area contributed by atoms with Crippen LogP contribution in [0, 0.1) is 11.8 Å². The molecule has 0 bridgehead atoms. The van der Waals surface area contributed by atoms with Crippen LogP contribution in [-0.4, -0.2) is 12.5 Å². The summed E-state index contributed by atoms with van der Waals surface area (Å²) in [5, 5.41) is 2.91. The molecule has 1 heterocycles. The molecule has 1 aliphatic heterocycles. The van der Waals surface area contributed by atoms with Gasteiger partial charge in [-0.15, -0.1) is 0 Å². The number of hydrogen-bond acceptors (Lipinski definition) is 1. The number of piperidine rings is 1. The lowest BCUT2D eigenvalue weighted by Gasteiger charge is -2.31. The standard InChI is InChI=1S/C9H13NO/c11-9-5-7-3-1-2-4-8(7)6-10-9/h1,3,7-8H,2,4-6H2,(H,10,11)/t7-,8+/m0/s1. The van der Waals surface area contributed by atoms with Crippen LogP contribution in [0.2, 0.25) is 0 Å². The molecule has 1 fully saturated rings. The Hall–Kier alpha value is -0.790. The van der Waals surface area contributed by atoms with Crippen molar-refractivity contribution in [2.45, 2.75) is 19.3 Å². The maximum atomic E-state index is 11.0. The van der Waals surface area contributed by atoms with Crippen molar-refractivity contribution in [1.82, 2.24) is 5.32 Å². The number of fused-ring (bicyclic) bond motifs is 1. The monoisotopic (exact) mass is 151 g/mol. The topological polar surface area (TPSA) is 29.1 Å². The highest BCUT2D eigenvalue weighted by molar-refractivity contribution is 5.77. The first kappa shape index (κ1) is 6.89. The van der Waals surface area contributed by atoms with Crippen LogP contribution in [0.1, 0.15) is 19.3 Å². The summed E-state index contributed by atoms with van der Waals surface area (Å²) in [5.74, 6) is 1.48. The predicted molar refractivity (Wildman–Crippen MR) is 43.0 cm³/mol. The van der Waals surface area contributed by atoms with Crippen molar-refractivity contribution in [1.29, 1.82) is 0 Å². The lowest BCUT2D eigenvalue weighted by atomic mass is 9.80. The SMILES string of the molecule is O=C1C[C@@H]2C=CCC[C@@H]2CN1. The molecule has 1 saturated heterocycles. The molecule has 60 valence electrons. The number of allylic oxidation sites excluding steroid dienone is 2. The normalized spacial score (nSPS) is 36.2. The zero-order valence-electron chi connectivity index (χ0n) is 6.55. The summed E-state index contributed by atoms with van der Waals surface area (Å²) in [6.07, 6.45) is 7.58. The number of amides is 1. The molecule has 0 radical (unpaired) electrons. The molecule has 2 aliphatic rings. The van der Waals surface area contributed by atoms with E-state index < -0.39 is 0 Å². The van der Waals surface area contributed by atoms with Crippen molar-refractivity contribution in [3.8, 4) is 0 Å². The van der Waals surface area contributed by atoms with Crippen LogP contribution < -0.4 is 5.32 Å². The Bertz CT molecular complexity index is 198. The van der Waals surface area contributed by atoms with Gasteiger partial charge in [-0.05, 0) is 24.7 Å². The van der Waals surface area contributed by atoms with Crippen LogP contribution in [-0.2, 0) is 4.79 Å². The predicted octanol–water partition coefficient (Wildman–Crippen LogP) is 1.09. The maximum absolute atomic E-state index is 11.0. The van der Waals surface area contributed by atoms with Gasteiger partial charge in [0.05, 0.1) is 0 Å². The second kappa shape index (κ2) is 2.68. The van der Waals surface area contributed by atoms with Crippen LogP contribution in [0.5, 0.6) is 0 Å². The van der Waals surface area contributed by atoms with Gasteiger partial charge in [-0.25, -0.2) is 0 Å². The molecular formula is C9H13NO. The Morgan fingerprint density at radius 2 is 2.45 bits per heavy atom. The van der Waals surface area contributed by atoms with Gasteiger partial charge in [0.15, 0.2) is 0 Å². The van der Waals surface area contributed by atoms with Crippen LogP contribution in [0.15, 0.2) is 12.2 Å². The molecular weight excluding hydrogens is 138 g/mol. The summed E-state index contributed by atoms with van der Waals surface area (Å²) < 4.78 is 0. The van der Waals surface area contributed by atoms with E-state index in [1.807, 2.05) is 0 Å². The Morgan fingerprint density at radius 3 is 3.36 bits per heavy atom. The van der Waals surface area contributed by atoms with Crippen molar-refractivity contribution < 1.29 is 4.79 Å². The lowest BCUT2D eigenvalue weighted by Crippen LogP contribution is -2.40. The van der Waals surface area contributed by atoms with Crippen molar-refractivity contribution in [3.63, 3.8) is 0 Å². The van der Waals surface area contributed by atoms with E-state index in [0.717, 1.165) is 12.5 Å². The van der Waals surface area contributed by atoms with E-state index in [1.165, 1.54) is 12.8 Å². The van der Waals surface area contributed by atoms with Gasteiger partial charge >= 0.3 is 0 Å². The third-order valence-electron chi connectivity index (χ3n) is 2.68. The maximum Gasteiger partial charge on any atom is 0.220 e. The van der Waals surface area contributed by atoms with E-state index in [4.69, 9.17) is 0 Å². The first-order valence-corrected chi connectivity index (χ1v) is 4.29. The summed E-state index contributed by atoms with van der Waals surface area (Å²) in [6.45, 7) is 0.897. The smallest absolute Gasteiger partial charge is 0.220 e. The van der Waals surface area contributed by atoms with E-state index >= 15 is 0 Å². The van der Waals surface area contributed by atoms with Crippen LogP contribution in [0.4, 0.5) is 0 Å². The number of carbonyl (C=O) groups is 1. The summed E-state index contributed by atoms with van der Waals surface area (Å²) in [6, 6.07) is 0. The molecule has 2 heteroatoms. The molecule has 11 heavy (non-hydrogen) atoms. The molecule has 0 saturated carbocycles. The van der Waals surface area contributed by atoms with Crippen molar-refractivity contribution in [2.75, 3.05) is 6.54 Å². The molecule has 0 aromatic carbocycles. The van der Waals surface area contributed by atoms with Gasteiger partial charge in [0.1, 0.15) is 0 Å². The summed E-state index contributed by atoms with van der Waals surface area (Å²) in [7, 11) is 0. The number of carbonyl (C=O) groups excluding carboxylic acids is 1. The van der Waals surface area contributed by atoms with Crippen molar-refractivity contribution in [2.24, 2.45) is 11.8 Å². The van der Waals surface area contributed by atoms with E-state index in [9.17, 15) is 4.79 Å². The molecule has 2 nitrogen and oxygen atoms in total. The Labute approximate surface area is 66.7 Å².